The Morgan fingerprint density at radius 1 is 0.312 bits per heavy atom. The molecule has 21 rings (SSSR count). The van der Waals surface area contributed by atoms with E-state index in [1.807, 2.05) is 278 Å². The SMILES string of the molecule is CC1(C)c2ccccc2-c2c[c-]c(N3C=CC[N-]3)cc21.FC(F)(F)c1c[c-]c(-c2ccccn2)cc1.[Ir].[Ir].[Ir].[Ir].[Ir].[Pt].[c-]1ccc(-c2ccccc2)cc1-c1ccccn1.[c-]1ccccc1-c1ccccn1.[c-]1ccccc1-c1ccccn1.[c-]1ccccc1-c1ccccn1.[c-]1ccccc1-c1nccc2ccccc12.[c-]1ccccc1-c1nccc2ccccc12. The van der Waals surface area contributed by atoms with Crippen molar-refractivity contribution >= 4 is 27.2 Å². The monoisotopic (exact) mass is 2740 g/mol. The third kappa shape index (κ3) is 28.5. The number of nitrogens with zero attached hydrogens (tertiary/aromatic N) is 9. The van der Waals surface area contributed by atoms with E-state index in [2.05, 4.69) is 194 Å². The molecular weight excluding hydrogens is 2660 g/mol. The summed E-state index contributed by atoms with van der Waals surface area (Å²) in [6.07, 6.45) is 12.2. The molecule has 0 amide bonds. The molecule has 0 spiro atoms. The van der Waals surface area contributed by atoms with E-state index < -0.39 is 11.7 Å². The Balaban J connectivity index is 0.000000181. The van der Waals surface area contributed by atoms with Gasteiger partial charge in [-0.1, -0.05) is 195 Å². The average molecular weight is 2740 g/mol. The minimum Gasteiger partial charge on any atom is -0.562 e. The van der Waals surface area contributed by atoms with E-state index in [4.69, 9.17) is 0 Å². The van der Waals surface area contributed by atoms with E-state index in [9.17, 15) is 13.2 Å². The summed E-state index contributed by atoms with van der Waals surface area (Å²) in [5.74, 6) is 0. The van der Waals surface area contributed by atoms with Gasteiger partial charge < -0.3 is 45.3 Å². The molecule has 0 fully saturated rings. The first-order valence-electron chi connectivity index (χ1n) is 39.5. The Morgan fingerprint density at radius 3 is 1.10 bits per heavy atom. The van der Waals surface area contributed by atoms with Crippen molar-refractivity contribution in [1.29, 1.82) is 0 Å². The molecule has 19 aromatic rings. The summed E-state index contributed by atoms with van der Waals surface area (Å²) in [5, 5.41) is 6.69. The number of anilines is 1. The van der Waals surface area contributed by atoms with Gasteiger partial charge in [0.15, 0.2) is 0 Å². The number of aromatic nitrogens is 7. The van der Waals surface area contributed by atoms with Gasteiger partial charge in [0.25, 0.3) is 0 Å². The summed E-state index contributed by atoms with van der Waals surface area (Å²) in [6.45, 7) is 5.34. The Hall–Kier alpha value is -11.6. The molecule has 0 bridgehead atoms. The fourth-order valence-electron chi connectivity index (χ4n) is 13.4. The molecule has 1 aliphatic carbocycles. The maximum absolute atomic E-state index is 12.3. The van der Waals surface area contributed by atoms with Crippen LogP contribution in [0.25, 0.3) is 128 Å². The van der Waals surface area contributed by atoms with Gasteiger partial charge in [-0.3, -0.25) is 0 Å². The molecule has 7 aromatic heterocycles. The van der Waals surface area contributed by atoms with Crippen LogP contribution in [-0.4, -0.2) is 41.4 Å². The quantitative estimate of drug-likeness (QED) is 0.132. The number of benzene rings is 12. The van der Waals surface area contributed by atoms with Crippen LogP contribution in [-0.2, 0) is 133 Å². The Labute approximate surface area is 829 Å². The maximum atomic E-state index is 12.3. The standard InChI is InChI=1S/C18H16N2.C17H12N.2C15H10N.C12H7F3N.3C11H8N.5Ir.Pt/c1-18(2)16-7-4-3-6-14(16)15-9-8-13(12-17(15)18)20-11-5-10-19-20;1-2-7-14(8-3-1)15-9-6-10-16(13-15)17-11-4-5-12-18-17;2*1-2-7-13(8-3-1)15-14-9-5-4-6-12(14)10-11-16-15;13-12(14,15)10-6-4-9(5-7-10)11-3-1-2-8-16-11;3*1-2-6-10(7-3-1)11-8-4-5-9-12-11;;;;;;/h3-7,9,11-12H,10H2,1-2H3;1-9,11-13H;2*1-7,9-11H;1-4,6-8H;3*1-6,8-9H;;;;;;/q-2;7*-1;;;;;;. The molecule has 0 saturated carbocycles. The fourth-order valence-corrected chi connectivity index (χ4v) is 13.4. The molecule has 5 radical (unpaired) electrons. The Kier molecular flexibility index (Phi) is 41.9. The van der Waals surface area contributed by atoms with Crippen LogP contribution in [0.5, 0.6) is 0 Å². The number of halogens is 3. The first-order valence-corrected chi connectivity index (χ1v) is 39.5. The van der Waals surface area contributed by atoms with Crippen molar-refractivity contribution in [1.82, 2.24) is 34.9 Å². The topological polar surface area (TPSA) is 108 Å². The zero-order chi connectivity index (χ0) is 83.8. The van der Waals surface area contributed by atoms with Gasteiger partial charge in [0, 0.05) is 165 Å². The predicted octanol–water partition coefficient (Wildman–Crippen LogP) is 27.2. The third-order valence-electron chi connectivity index (χ3n) is 19.5. The van der Waals surface area contributed by atoms with E-state index in [1.165, 1.54) is 61.0 Å². The Morgan fingerprint density at radius 2 is 0.703 bits per heavy atom. The van der Waals surface area contributed by atoms with Gasteiger partial charge in [-0.05, 0) is 132 Å². The van der Waals surface area contributed by atoms with Crippen LogP contribution in [0.2, 0.25) is 0 Å². The predicted molar refractivity (Wildman–Crippen MR) is 488 cm³/mol. The second-order valence-electron chi connectivity index (χ2n) is 27.9. The van der Waals surface area contributed by atoms with Gasteiger partial charge in [-0.25, -0.2) is 0 Å². The molecule has 1 aliphatic heterocycles. The van der Waals surface area contributed by atoms with E-state index in [0.29, 0.717) is 11.3 Å². The van der Waals surface area contributed by atoms with Gasteiger partial charge in [-0.2, -0.15) is 25.3 Å². The number of alkyl halides is 3. The third-order valence-corrected chi connectivity index (χ3v) is 19.5. The summed E-state index contributed by atoms with van der Waals surface area (Å²) in [7, 11) is 0. The summed E-state index contributed by atoms with van der Waals surface area (Å²) < 4.78 is 36.9. The van der Waals surface area contributed by atoms with Crippen LogP contribution in [0.3, 0.4) is 0 Å². The molecule has 128 heavy (non-hydrogen) atoms. The van der Waals surface area contributed by atoms with Crippen molar-refractivity contribution in [2.45, 2.75) is 25.4 Å². The normalized spacial score (nSPS) is 11.1. The first kappa shape index (κ1) is 102. The summed E-state index contributed by atoms with van der Waals surface area (Å²) in [4.78, 5) is 29.9. The first-order chi connectivity index (χ1) is 60.0. The van der Waals surface area contributed by atoms with Crippen LogP contribution in [0.4, 0.5) is 18.9 Å². The number of hydrogen-bond acceptors (Lipinski definition) is 8. The molecule has 2 aliphatic rings. The molecule has 12 aromatic carbocycles. The number of pyridine rings is 7. The maximum Gasteiger partial charge on any atom is 0.381 e. The molecule has 649 valence electrons. The molecule has 9 nitrogen and oxygen atoms in total. The van der Waals surface area contributed by atoms with Gasteiger partial charge >= 0.3 is 6.18 Å². The Bertz CT molecular complexity index is 5980. The second-order valence-corrected chi connectivity index (χ2v) is 27.9. The molecule has 18 heteroatoms. The summed E-state index contributed by atoms with van der Waals surface area (Å²) in [6, 6.07) is 146. The van der Waals surface area contributed by atoms with Gasteiger partial charge in [-0.15, -0.1) is 268 Å². The minimum atomic E-state index is -4.32. The van der Waals surface area contributed by atoms with E-state index in [-0.39, 0.29) is 127 Å². The molecule has 8 heterocycles. The van der Waals surface area contributed by atoms with E-state index >= 15 is 0 Å². The zero-order valence-electron chi connectivity index (χ0n) is 68.8. The van der Waals surface area contributed by atoms with Crippen molar-refractivity contribution in [2.75, 3.05) is 11.6 Å². The fraction of sp³-hybridized carbons (Fsp3) is 0.0455. The van der Waals surface area contributed by atoms with Crippen molar-refractivity contribution in [2.24, 2.45) is 0 Å². The van der Waals surface area contributed by atoms with Gasteiger partial charge in [0.1, 0.15) is 0 Å². The molecule has 0 unspecified atom stereocenters. The van der Waals surface area contributed by atoms with Crippen LogP contribution in [0, 0.1) is 48.5 Å². The van der Waals surface area contributed by atoms with Crippen LogP contribution >= 0.6 is 0 Å². The minimum absolute atomic E-state index is 0. The molecule has 0 N–H and O–H groups in total. The molecule has 0 saturated heterocycles. The van der Waals surface area contributed by atoms with Crippen LogP contribution in [0.15, 0.2) is 432 Å². The van der Waals surface area contributed by atoms with Crippen LogP contribution in [0.1, 0.15) is 30.5 Å². The van der Waals surface area contributed by atoms with Gasteiger partial charge in [0.2, 0.25) is 0 Å². The summed E-state index contributed by atoms with van der Waals surface area (Å²) in [5.41, 5.74) is 25.8. The summed E-state index contributed by atoms with van der Waals surface area (Å²) >= 11 is 0. The number of hydrogen-bond donors (Lipinski definition) is 0. The largest absolute Gasteiger partial charge is 0.562 e. The molecule has 0 atom stereocenters. The number of rotatable bonds is 9. The van der Waals surface area contributed by atoms with E-state index in [0.717, 1.165) is 91.9 Å². The van der Waals surface area contributed by atoms with Crippen molar-refractivity contribution < 1.29 is 135 Å². The second kappa shape index (κ2) is 52.7. The van der Waals surface area contributed by atoms with E-state index in [1.54, 1.807) is 49.2 Å². The van der Waals surface area contributed by atoms with Crippen molar-refractivity contribution in [3.8, 4) is 101 Å². The van der Waals surface area contributed by atoms with Crippen molar-refractivity contribution in [3.63, 3.8) is 0 Å². The van der Waals surface area contributed by atoms with Crippen molar-refractivity contribution in [3.05, 3.63) is 502 Å². The zero-order valence-corrected chi connectivity index (χ0v) is 83.1. The van der Waals surface area contributed by atoms with Crippen LogP contribution < -0.4 is 5.01 Å². The van der Waals surface area contributed by atoms with Gasteiger partial charge in [0.05, 0.1) is 0 Å². The smallest absolute Gasteiger partial charge is 0.381 e. The number of fused-ring (bicyclic) bond motifs is 5. The average Bonchev–Trinajstić information content (AvgIpc) is 1.58. The molecular formula is C110H79F3Ir5N9Pt-9.